The molecule has 2 aromatic carbocycles. The average molecular weight is 374 g/mol. The normalized spacial score (nSPS) is 11.9. The Balaban J connectivity index is 0.000000418. The van der Waals surface area contributed by atoms with Crippen molar-refractivity contribution in [2.45, 2.75) is 19.8 Å². The van der Waals surface area contributed by atoms with Crippen LogP contribution in [0.25, 0.3) is 11.1 Å². The fourth-order valence-corrected chi connectivity index (χ4v) is 2.51. The maximum absolute atomic E-state index is 3.30. The van der Waals surface area contributed by atoms with E-state index in [9.17, 15) is 0 Å². The Bertz CT molecular complexity index is 631. The summed E-state index contributed by atoms with van der Waals surface area (Å²) >= 11 is 2.03. The molecule has 0 amide bonds. The molecule has 3 heteroatoms. The smallest absolute Gasteiger partial charge is 0.0253 e. The summed E-state index contributed by atoms with van der Waals surface area (Å²) in [6, 6.07) is 18.1. The molecule has 0 spiro atoms. The molecule has 4 rings (SSSR count). The molecule has 0 atom stereocenters. The van der Waals surface area contributed by atoms with Crippen LogP contribution in [0.15, 0.2) is 60.2 Å². The molecule has 0 saturated heterocycles. The first-order valence-electron chi connectivity index (χ1n) is 7.02. The van der Waals surface area contributed by atoms with E-state index in [1.807, 2.05) is 32.9 Å². The van der Waals surface area contributed by atoms with Crippen LogP contribution >= 0.6 is 12.4 Å². The van der Waals surface area contributed by atoms with Gasteiger partial charge in [-0.2, -0.15) is 35.9 Å². The maximum atomic E-state index is 3.30. The van der Waals surface area contributed by atoms with Gasteiger partial charge in [-0.05, 0) is 6.42 Å². The Morgan fingerprint density at radius 1 is 1.04 bits per heavy atom. The van der Waals surface area contributed by atoms with Crippen molar-refractivity contribution in [2.75, 3.05) is 0 Å². The number of allylic oxidation sites excluding steroid dienone is 4. The molecule has 0 nitrogen and oxygen atoms in total. The van der Waals surface area contributed by atoms with Crippen LogP contribution in [0.1, 0.15) is 24.5 Å². The quantitative estimate of drug-likeness (QED) is 0.395. The van der Waals surface area contributed by atoms with Gasteiger partial charge in [0, 0.05) is 0 Å². The standard InChI is InChI=1S/C13H9.C6H7.CH3.ClH.H2Si.Ti/c1-3-7-12-10(5-1)9-11-6-2-4-8-13(11)12;1-6-4-2-3-5-6;;;;/h1-5,7-8H,9H2;2,4H,3H2,1H3;1H3;1H;1H2;/q3*-1;;;. The first-order chi connectivity index (χ1) is 10.3. The van der Waals surface area contributed by atoms with Crippen LogP contribution in [0.5, 0.6) is 0 Å². The zero-order valence-electron chi connectivity index (χ0n) is 13.7. The molecule has 0 N–H and O–H groups in total. The van der Waals surface area contributed by atoms with Crippen molar-refractivity contribution in [3.8, 4) is 11.1 Å². The predicted octanol–water partition coefficient (Wildman–Crippen LogP) is 4.71. The van der Waals surface area contributed by atoms with Crippen LogP contribution in [-0.2, 0) is 25.6 Å². The Morgan fingerprint density at radius 3 is 2.35 bits per heavy atom. The minimum atomic E-state index is 0. The summed E-state index contributed by atoms with van der Waals surface area (Å²) in [6.45, 7) is 2.06. The van der Waals surface area contributed by atoms with Crippen LogP contribution in [0.2, 0.25) is 0 Å². The minimum absolute atomic E-state index is 0. The maximum Gasteiger partial charge on any atom is -0.0253 e. The van der Waals surface area contributed by atoms with E-state index in [4.69, 9.17) is 0 Å². The number of benzene rings is 2. The molecule has 0 aromatic heterocycles. The Morgan fingerprint density at radius 2 is 1.74 bits per heavy atom. The molecule has 2 aliphatic rings. The zero-order chi connectivity index (χ0) is 15.1. The molecule has 120 valence electrons. The molecule has 23 heavy (non-hydrogen) atoms. The minimum Gasteiger partial charge on any atom is -0.179 e. The fraction of sp³-hybridized carbons (Fsp3) is 0.150. The second-order valence-electron chi connectivity index (χ2n) is 4.86. The topological polar surface area (TPSA) is 0 Å². The van der Waals surface area contributed by atoms with Gasteiger partial charge in [0.05, 0.1) is 0 Å². The van der Waals surface area contributed by atoms with Gasteiger partial charge < -0.3 is 7.43 Å². The molecule has 0 unspecified atom stereocenters. The molecule has 0 aliphatic heterocycles. The van der Waals surface area contributed by atoms with Gasteiger partial charge >= 0.3 is 26.8 Å². The van der Waals surface area contributed by atoms with E-state index in [1.165, 1.54) is 27.8 Å². The molecule has 2 aromatic rings. The summed E-state index contributed by atoms with van der Waals surface area (Å²) in [5, 5.41) is 0. The van der Waals surface area contributed by atoms with E-state index in [0.717, 1.165) is 12.8 Å². The van der Waals surface area contributed by atoms with Crippen molar-refractivity contribution < 1.29 is 19.2 Å². The van der Waals surface area contributed by atoms with Gasteiger partial charge in [-0.25, -0.2) is 11.6 Å². The Kier molecular flexibility index (Phi) is 11.2. The van der Waals surface area contributed by atoms with E-state index < -0.39 is 0 Å². The number of hydrogen-bond donors (Lipinski definition) is 0. The second-order valence-corrected chi connectivity index (χ2v) is 4.86. The number of halogens is 1. The van der Waals surface area contributed by atoms with Crippen molar-refractivity contribution in [2.24, 2.45) is 0 Å². The number of fused-ring (bicyclic) bond motifs is 3. The van der Waals surface area contributed by atoms with Gasteiger partial charge in [-0.15, -0.1) is 24.4 Å². The third kappa shape index (κ3) is 5.93. The van der Waals surface area contributed by atoms with Gasteiger partial charge in [-0.3, -0.25) is 6.08 Å². The van der Waals surface area contributed by atoms with E-state index in [2.05, 4.69) is 67.6 Å². The fourth-order valence-electron chi connectivity index (χ4n) is 2.51. The largest absolute Gasteiger partial charge is 0.179 e. The van der Waals surface area contributed by atoms with Gasteiger partial charge in [-0.1, -0.05) is 42.3 Å². The molecule has 0 saturated carbocycles. The van der Waals surface area contributed by atoms with Crippen molar-refractivity contribution in [3.05, 3.63) is 90.9 Å². The monoisotopic (exact) mass is 373 g/mol. The van der Waals surface area contributed by atoms with Gasteiger partial charge in [0.15, 0.2) is 0 Å². The van der Waals surface area contributed by atoms with E-state index >= 15 is 0 Å². The molecular formula is C20H22ClSiTi-3. The predicted molar refractivity (Wildman–Crippen MR) is 102 cm³/mol. The zero-order valence-corrected chi connectivity index (χ0v) is 17.5. The third-order valence-corrected chi connectivity index (χ3v) is 3.48. The van der Waals surface area contributed by atoms with Crippen LogP contribution in [0, 0.1) is 19.6 Å². The van der Waals surface area contributed by atoms with Gasteiger partial charge in [0.2, 0.25) is 0 Å². The van der Waals surface area contributed by atoms with Crippen LogP contribution in [0.3, 0.4) is 0 Å². The Hall–Kier alpha value is -0.859. The molecular weight excluding hydrogens is 352 g/mol. The summed E-state index contributed by atoms with van der Waals surface area (Å²) in [5.41, 5.74) is 6.78. The molecule has 0 fully saturated rings. The first-order valence-corrected chi connectivity index (χ1v) is 11.0. The van der Waals surface area contributed by atoms with Crippen molar-refractivity contribution in [1.29, 1.82) is 0 Å². The van der Waals surface area contributed by atoms with E-state index in [0.29, 0.717) is 0 Å². The molecule has 0 radical (unpaired) electrons. The van der Waals surface area contributed by atoms with Gasteiger partial charge in [0.25, 0.3) is 0 Å². The number of hydrogen-bond acceptors (Lipinski definition) is 0. The summed E-state index contributed by atoms with van der Waals surface area (Å²) in [4.78, 5) is 0. The van der Waals surface area contributed by atoms with Crippen molar-refractivity contribution >= 4 is 20.0 Å². The first kappa shape index (κ1) is 22.1. The number of rotatable bonds is 0. The van der Waals surface area contributed by atoms with E-state index in [1.54, 1.807) is 0 Å². The summed E-state index contributed by atoms with van der Waals surface area (Å²) < 4.78 is 0. The van der Waals surface area contributed by atoms with Crippen LogP contribution < -0.4 is 0 Å². The molecule has 0 heterocycles. The van der Waals surface area contributed by atoms with Crippen molar-refractivity contribution in [1.82, 2.24) is 0 Å². The summed E-state index contributed by atoms with van der Waals surface area (Å²) in [7, 11) is 1.86. The Labute approximate surface area is 160 Å². The SMILES string of the molecule is CC1=[C-]CC=C1.Cl.[CH3-].[SiH2]=[Ti].[c-]1cccc2c1Cc1ccccc1-2. The van der Waals surface area contributed by atoms with Crippen molar-refractivity contribution in [3.63, 3.8) is 0 Å². The average Bonchev–Trinajstić information content (AvgIpc) is 3.16. The third-order valence-electron chi connectivity index (χ3n) is 3.48. The van der Waals surface area contributed by atoms with E-state index in [-0.39, 0.29) is 19.8 Å². The summed E-state index contributed by atoms with van der Waals surface area (Å²) in [6.07, 6.45) is 9.38. The second kappa shape index (κ2) is 11.6. The van der Waals surface area contributed by atoms with Crippen LogP contribution in [-0.4, -0.2) is 7.63 Å². The van der Waals surface area contributed by atoms with Gasteiger partial charge in [0.1, 0.15) is 0 Å². The molecule has 0 bridgehead atoms. The molecule has 2 aliphatic carbocycles. The van der Waals surface area contributed by atoms with Crippen LogP contribution in [0.4, 0.5) is 0 Å². The summed E-state index contributed by atoms with van der Waals surface area (Å²) in [5.74, 6) is 0.